The van der Waals surface area contributed by atoms with E-state index >= 15 is 0 Å². The molecular weight excluding hydrogens is 228 g/mol. The lowest BCUT2D eigenvalue weighted by molar-refractivity contribution is 0.221. The summed E-state index contributed by atoms with van der Waals surface area (Å²) >= 11 is 0. The van der Waals surface area contributed by atoms with E-state index in [1.165, 1.54) is 32.0 Å². The minimum atomic E-state index is 0.0876. The summed E-state index contributed by atoms with van der Waals surface area (Å²) in [6, 6.07) is 1.95. The monoisotopic (exact) mass is 250 g/mol. The molecule has 1 aliphatic rings. The van der Waals surface area contributed by atoms with Gasteiger partial charge in [0.25, 0.3) is 0 Å². The van der Waals surface area contributed by atoms with E-state index < -0.39 is 0 Å². The highest BCUT2D eigenvalue weighted by Crippen LogP contribution is 2.36. The van der Waals surface area contributed by atoms with Crippen LogP contribution in [0, 0.1) is 11.8 Å². The van der Waals surface area contributed by atoms with Gasteiger partial charge in [0.15, 0.2) is 0 Å². The van der Waals surface area contributed by atoms with Gasteiger partial charge in [0.05, 0.1) is 18.8 Å². The summed E-state index contributed by atoms with van der Waals surface area (Å²) in [4.78, 5) is 8.36. The minimum absolute atomic E-state index is 0.0876. The van der Waals surface area contributed by atoms with E-state index in [4.69, 9.17) is 10.6 Å². The van der Waals surface area contributed by atoms with E-state index in [1.807, 2.05) is 6.07 Å². The van der Waals surface area contributed by atoms with Gasteiger partial charge in [0.2, 0.25) is 5.88 Å². The van der Waals surface area contributed by atoms with Crippen molar-refractivity contribution in [2.45, 2.75) is 38.6 Å². The van der Waals surface area contributed by atoms with Crippen molar-refractivity contribution in [1.29, 1.82) is 0 Å². The number of hydrazine groups is 1. The summed E-state index contributed by atoms with van der Waals surface area (Å²) in [5.74, 6) is 7.62. The lowest BCUT2D eigenvalue weighted by Crippen LogP contribution is -2.36. The number of ether oxygens (including phenoxy) is 1. The number of hydrogen-bond donors (Lipinski definition) is 2. The van der Waals surface area contributed by atoms with Crippen molar-refractivity contribution in [2.75, 3.05) is 7.11 Å². The summed E-state index contributed by atoms with van der Waals surface area (Å²) in [6.07, 6.45) is 6.52. The SMILES string of the molecule is COc1cc(C(NN)C2CCCC(C)C2)ncn1. The number of nitrogens with zero attached hydrogens (tertiary/aromatic N) is 2. The molecule has 0 saturated heterocycles. The highest BCUT2D eigenvalue weighted by atomic mass is 16.5. The minimum Gasteiger partial charge on any atom is -0.481 e. The Kier molecular flexibility index (Phi) is 4.49. The van der Waals surface area contributed by atoms with Crippen LogP contribution in [0.2, 0.25) is 0 Å². The Morgan fingerprint density at radius 2 is 2.28 bits per heavy atom. The maximum absolute atomic E-state index is 5.72. The second-order valence-electron chi connectivity index (χ2n) is 5.16. The van der Waals surface area contributed by atoms with E-state index in [0.29, 0.717) is 11.8 Å². The quantitative estimate of drug-likeness (QED) is 0.630. The average molecular weight is 250 g/mol. The van der Waals surface area contributed by atoms with Crippen LogP contribution < -0.4 is 16.0 Å². The van der Waals surface area contributed by atoms with Gasteiger partial charge < -0.3 is 4.74 Å². The van der Waals surface area contributed by atoms with Gasteiger partial charge in [-0.05, 0) is 24.7 Å². The third kappa shape index (κ3) is 2.97. The van der Waals surface area contributed by atoms with Gasteiger partial charge in [0, 0.05) is 6.07 Å². The molecule has 0 radical (unpaired) electrons. The van der Waals surface area contributed by atoms with Crippen LogP contribution in [-0.2, 0) is 0 Å². The zero-order valence-corrected chi connectivity index (χ0v) is 11.1. The molecule has 0 bridgehead atoms. The van der Waals surface area contributed by atoms with Crippen molar-refractivity contribution < 1.29 is 4.74 Å². The van der Waals surface area contributed by atoms with Crippen molar-refractivity contribution in [2.24, 2.45) is 17.7 Å². The number of rotatable bonds is 4. The largest absolute Gasteiger partial charge is 0.481 e. The molecule has 1 aromatic rings. The smallest absolute Gasteiger partial charge is 0.216 e. The summed E-state index contributed by atoms with van der Waals surface area (Å²) in [5.41, 5.74) is 3.83. The van der Waals surface area contributed by atoms with Crippen LogP contribution in [0.1, 0.15) is 44.3 Å². The Morgan fingerprint density at radius 1 is 1.44 bits per heavy atom. The molecule has 0 aromatic carbocycles. The molecule has 1 aromatic heterocycles. The third-order valence-corrected chi connectivity index (χ3v) is 3.82. The molecule has 0 amide bonds. The molecule has 3 atom stereocenters. The zero-order valence-electron chi connectivity index (χ0n) is 11.1. The average Bonchev–Trinajstić information content (AvgIpc) is 2.40. The first-order valence-corrected chi connectivity index (χ1v) is 6.56. The summed E-state index contributed by atoms with van der Waals surface area (Å²) in [6.45, 7) is 2.31. The fourth-order valence-electron chi connectivity index (χ4n) is 2.88. The van der Waals surface area contributed by atoms with E-state index in [1.54, 1.807) is 7.11 Å². The lowest BCUT2D eigenvalue weighted by atomic mass is 9.78. The van der Waals surface area contributed by atoms with Crippen molar-refractivity contribution in [3.63, 3.8) is 0 Å². The molecule has 5 nitrogen and oxygen atoms in total. The number of methoxy groups -OCH3 is 1. The number of nitrogens with two attached hydrogens (primary N) is 1. The maximum atomic E-state index is 5.72. The predicted octanol–water partition coefficient (Wildman–Crippen LogP) is 1.82. The molecule has 2 rings (SSSR count). The van der Waals surface area contributed by atoms with Gasteiger partial charge in [-0.15, -0.1) is 0 Å². The highest BCUT2D eigenvalue weighted by molar-refractivity contribution is 5.17. The molecule has 3 unspecified atom stereocenters. The first-order chi connectivity index (χ1) is 8.74. The molecule has 1 fully saturated rings. The van der Waals surface area contributed by atoms with Gasteiger partial charge in [-0.3, -0.25) is 11.3 Å². The molecule has 0 aliphatic heterocycles. The number of nitrogens with one attached hydrogen (secondary N) is 1. The summed E-state index contributed by atoms with van der Waals surface area (Å²) < 4.78 is 5.14. The molecule has 3 N–H and O–H groups in total. The first kappa shape index (κ1) is 13.2. The molecule has 1 heterocycles. The van der Waals surface area contributed by atoms with Gasteiger partial charge in [-0.25, -0.2) is 9.97 Å². The molecule has 18 heavy (non-hydrogen) atoms. The van der Waals surface area contributed by atoms with Crippen LogP contribution in [0.3, 0.4) is 0 Å². The topological polar surface area (TPSA) is 73.1 Å². The summed E-state index contributed by atoms with van der Waals surface area (Å²) in [5, 5.41) is 0. The van der Waals surface area contributed by atoms with Crippen molar-refractivity contribution in [3.8, 4) is 5.88 Å². The number of hydrogen-bond acceptors (Lipinski definition) is 5. The Bertz CT molecular complexity index is 385. The van der Waals surface area contributed by atoms with Crippen LogP contribution >= 0.6 is 0 Å². The molecule has 5 heteroatoms. The lowest BCUT2D eigenvalue weighted by Gasteiger charge is -2.32. The normalized spacial score (nSPS) is 25.7. The second kappa shape index (κ2) is 6.11. The zero-order chi connectivity index (χ0) is 13.0. The van der Waals surface area contributed by atoms with E-state index in [2.05, 4.69) is 22.3 Å². The van der Waals surface area contributed by atoms with Crippen molar-refractivity contribution in [1.82, 2.24) is 15.4 Å². The van der Waals surface area contributed by atoms with Gasteiger partial charge in [-0.1, -0.05) is 19.8 Å². The standard InChI is InChI=1S/C13H22N4O/c1-9-4-3-5-10(6-9)13(17-14)11-7-12(18-2)16-8-15-11/h7-10,13,17H,3-6,14H2,1-2H3. The predicted molar refractivity (Wildman–Crippen MR) is 69.8 cm³/mol. The van der Waals surface area contributed by atoms with Crippen molar-refractivity contribution >= 4 is 0 Å². The van der Waals surface area contributed by atoms with E-state index in [0.717, 1.165) is 11.6 Å². The second-order valence-corrected chi connectivity index (χ2v) is 5.16. The Balaban J connectivity index is 2.16. The third-order valence-electron chi connectivity index (χ3n) is 3.82. The first-order valence-electron chi connectivity index (χ1n) is 6.56. The highest BCUT2D eigenvalue weighted by Gasteiger charge is 2.28. The molecule has 1 saturated carbocycles. The fourth-order valence-corrected chi connectivity index (χ4v) is 2.88. The van der Waals surface area contributed by atoms with Gasteiger partial charge >= 0.3 is 0 Å². The van der Waals surface area contributed by atoms with Crippen LogP contribution in [0.5, 0.6) is 5.88 Å². The van der Waals surface area contributed by atoms with Gasteiger partial charge in [-0.2, -0.15) is 0 Å². The van der Waals surface area contributed by atoms with Crippen LogP contribution in [0.4, 0.5) is 0 Å². The Hall–Kier alpha value is -1.20. The molecule has 0 spiro atoms. The maximum Gasteiger partial charge on any atom is 0.216 e. The van der Waals surface area contributed by atoms with Crippen LogP contribution in [0.15, 0.2) is 12.4 Å². The van der Waals surface area contributed by atoms with E-state index in [-0.39, 0.29) is 6.04 Å². The number of aromatic nitrogens is 2. The van der Waals surface area contributed by atoms with Gasteiger partial charge in [0.1, 0.15) is 6.33 Å². The van der Waals surface area contributed by atoms with Crippen LogP contribution in [0.25, 0.3) is 0 Å². The molecule has 100 valence electrons. The Morgan fingerprint density at radius 3 is 2.94 bits per heavy atom. The fraction of sp³-hybridized carbons (Fsp3) is 0.692. The molecule has 1 aliphatic carbocycles. The van der Waals surface area contributed by atoms with Crippen LogP contribution in [-0.4, -0.2) is 17.1 Å². The summed E-state index contributed by atoms with van der Waals surface area (Å²) in [7, 11) is 1.61. The Labute approximate surface area is 108 Å². The van der Waals surface area contributed by atoms with Crippen molar-refractivity contribution in [3.05, 3.63) is 18.1 Å². The molecular formula is C13H22N4O. The van der Waals surface area contributed by atoms with E-state index in [9.17, 15) is 0 Å².